The Labute approximate surface area is 192 Å². The lowest BCUT2D eigenvalue weighted by molar-refractivity contribution is -0.141. The van der Waals surface area contributed by atoms with E-state index in [2.05, 4.69) is 24.4 Å². The predicted molar refractivity (Wildman–Crippen MR) is 118 cm³/mol. The first kappa shape index (κ1) is 22.4. The number of aryl methyl sites for hydroxylation is 1. The van der Waals surface area contributed by atoms with Crippen molar-refractivity contribution in [2.75, 3.05) is 5.75 Å². The number of pyridine rings is 1. The van der Waals surface area contributed by atoms with Crippen LogP contribution in [0, 0.1) is 0 Å². The fourth-order valence-corrected chi connectivity index (χ4v) is 5.59. The fraction of sp³-hybridized carbons (Fsp3) is 0.381. The van der Waals surface area contributed by atoms with Crippen molar-refractivity contribution in [1.29, 1.82) is 0 Å². The lowest BCUT2D eigenvalue weighted by Crippen LogP contribution is -2.10. The molecule has 5 rings (SSSR count). The number of carbonyl (C=O) groups excluding carboxylic acids is 1. The molecule has 1 saturated carbocycles. The van der Waals surface area contributed by atoms with E-state index in [1.807, 2.05) is 6.07 Å². The Morgan fingerprint density at radius 3 is 2.65 bits per heavy atom. The van der Waals surface area contributed by atoms with Crippen molar-refractivity contribution in [1.82, 2.24) is 29.1 Å². The molecule has 9 nitrogen and oxygen atoms in total. The maximum atomic E-state index is 13.8. The molecule has 178 valence electrons. The van der Waals surface area contributed by atoms with Crippen LogP contribution in [0.15, 0.2) is 33.9 Å². The second-order valence-electron chi connectivity index (χ2n) is 8.15. The van der Waals surface area contributed by atoms with Gasteiger partial charge in [0.15, 0.2) is 10.7 Å². The van der Waals surface area contributed by atoms with E-state index >= 15 is 0 Å². The molecule has 0 N–H and O–H groups in total. The highest BCUT2D eigenvalue weighted by atomic mass is 32.2. The Hall–Kier alpha value is -3.35. The van der Waals surface area contributed by atoms with Gasteiger partial charge >= 0.3 is 6.18 Å². The van der Waals surface area contributed by atoms with E-state index in [4.69, 9.17) is 0 Å². The van der Waals surface area contributed by atoms with E-state index in [1.165, 1.54) is 6.92 Å². The molecular weight excluding hydrogens is 471 g/mol. The van der Waals surface area contributed by atoms with Gasteiger partial charge in [0.05, 0.1) is 22.8 Å². The molecule has 1 aliphatic carbocycles. The summed E-state index contributed by atoms with van der Waals surface area (Å²) in [5, 5.41) is 4.63. The molecule has 0 bridgehead atoms. The molecule has 4 heterocycles. The van der Waals surface area contributed by atoms with Gasteiger partial charge < -0.3 is 4.57 Å². The number of hydrogen-bond donors (Lipinski definition) is 0. The van der Waals surface area contributed by atoms with Gasteiger partial charge in [0, 0.05) is 37.5 Å². The van der Waals surface area contributed by atoms with Crippen molar-refractivity contribution in [3.05, 3.63) is 35.9 Å². The molecule has 0 radical (unpaired) electrons. The van der Waals surface area contributed by atoms with E-state index in [9.17, 15) is 22.2 Å². The zero-order valence-corrected chi connectivity index (χ0v) is 19.3. The topological polar surface area (TPSA) is 107 Å². The fourth-order valence-electron chi connectivity index (χ4n) is 3.97. The van der Waals surface area contributed by atoms with Gasteiger partial charge in [-0.15, -0.1) is 0 Å². The summed E-state index contributed by atoms with van der Waals surface area (Å²) in [5.41, 5.74) is 0.835. The highest BCUT2D eigenvalue weighted by Crippen LogP contribution is 2.42. The van der Waals surface area contributed by atoms with Crippen LogP contribution < -0.4 is 0 Å². The molecule has 1 fully saturated rings. The van der Waals surface area contributed by atoms with Gasteiger partial charge in [0.1, 0.15) is 21.2 Å². The zero-order valence-electron chi connectivity index (χ0n) is 18.5. The van der Waals surface area contributed by atoms with Gasteiger partial charge in [-0.3, -0.25) is 4.79 Å². The molecule has 4 aromatic heterocycles. The Bertz CT molecular complexity index is 1590. The summed E-state index contributed by atoms with van der Waals surface area (Å²) in [7, 11) is -1.68. The zero-order chi connectivity index (χ0) is 24.4. The normalized spacial score (nSPS) is 16.2. The average Bonchev–Trinajstić information content (AvgIpc) is 3.47. The number of imidazole rings is 1. The number of amides is 1. The van der Waals surface area contributed by atoms with E-state index in [1.54, 1.807) is 29.3 Å². The van der Waals surface area contributed by atoms with Crippen LogP contribution in [0.25, 0.3) is 28.1 Å². The number of fused-ring (bicyclic) bond motifs is 2. The van der Waals surface area contributed by atoms with E-state index in [-0.39, 0.29) is 33.6 Å². The molecule has 1 atom stereocenters. The first-order chi connectivity index (χ1) is 16.0. The number of carbonyl (C=O) groups is 1. The predicted octanol–water partition coefficient (Wildman–Crippen LogP) is 3.97. The van der Waals surface area contributed by atoms with Crippen molar-refractivity contribution in [2.45, 2.75) is 43.8 Å². The summed E-state index contributed by atoms with van der Waals surface area (Å²) >= 11 is 0. The van der Waals surface area contributed by atoms with Crippen molar-refractivity contribution in [3.8, 4) is 11.4 Å². The molecule has 0 aliphatic heterocycles. The van der Waals surface area contributed by atoms with Gasteiger partial charge in [-0.2, -0.15) is 22.6 Å². The van der Waals surface area contributed by atoms with Crippen LogP contribution in [0.1, 0.15) is 44.0 Å². The van der Waals surface area contributed by atoms with E-state index in [0.717, 1.165) is 30.8 Å². The van der Waals surface area contributed by atoms with Crippen LogP contribution in [0.5, 0.6) is 0 Å². The van der Waals surface area contributed by atoms with E-state index < -0.39 is 27.5 Å². The molecule has 0 saturated heterocycles. The second kappa shape index (κ2) is 7.58. The number of halogens is 3. The lowest BCUT2D eigenvalue weighted by atomic mass is 10.2. The quantitative estimate of drug-likeness (QED) is 0.428. The number of hydrogen-bond acceptors (Lipinski definition) is 6. The lowest BCUT2D eigenvalue weighted by Gasteiger charge is -2.07. The number of nitrogens with zero attached hydrogens (tertiary/aromatic N) is 7. The smallest absolute Gasteiger partial charge is 0.326 e. The standard InChI is InChI=1S/C21H20F3N7O2S/c1-4-34(33,29-11(2)32)20-17(18-25-8-7-14(12-5-6-12)31(18)28-20)19-27-13-9-16(21(22,23)24)26-10-15(13)30(19)3/h7-10,12H,4-6H2,1-3H3. The highest BCUT2D eigenvalue weighted by Gasteiger charge is 2.35. The van der Waals surface area contributed by atoms with Crippen LogP contribution >= 0.6 is 0 Å². The average molecular weight is 491 g/mol. The molecule has 0 aromatic carbocycles. The largest absolute Gasteiger partial charge is 0.433 e. The SMILES string of the molecule is CCS(=O)(=NC(C)=O)c1nn2c(C3CC3)ccnc2c1-c1nc2cc(C(F)(F)F)ncc2n1C. The highest BCUT2D eigenvalue weighted by molar-refractivity contribution is 7.94. The number of alkyl halides is 3. The maximum Gasteiger partial charge on any atom is 0.433 e. The third-order valence-electron chi connectivity index (χ3n) is 5.76. The summed E-state index contributed by atoms with van der Waals surface area (Å²) in [6.45, 7) is 2.84. The Morgan fingerprint density at radius 1 is 1.29 bits per heavy atom. The summed E-state index contributed by atoms with van der Waals surface area (Å²) in [6, 6.07) is 2.69. The van der Waals surface area contributed by atoms with Crippen LogP contribution in [-0.2, 0) is 27.7 Å². The monoisotopic (exact) mass is 491 g/mol. The first-order valence-corrected chi connectivity index (χ1v) is 12.2. The summed E-state index contributed by atoms with van der Waals surface area (Å²) in [5.74, 6) is -0.130. The Morgan fingerprint density at radius 2 is 2.03 bits per heavy atom. The molecule has 4 aromatic rings. The van der Waals surface area contributed by atoms with Crippen molar-refractivity contribution in [2.24, 2.45) is 11.4 Å². The summed E-state index contributed by atoms with van der Waals surface area (Å²) in [4.78, 5) is 24.3. The maximum absolute atomic E-state index is 13.8. The minimum Gasteiger partial charge on any atom is -0.326 e. The number of aromatic nitrogens is 6. The molecule has 13 heteroatoms. The molecule has 1 unspecified atom stereocenters. The molecular formula is C21H20F3N7O2S. The van der Waals surface area contributed by atoms with Crippen molar-refractivity contribution in [3.63, 3.8) is 0 Å². The van der Waals surface area contributed by atoms with Gasteiger partial charge in [-0.1, -0.05) is 6.92 Å². The van der Waals surface area contributed by atoms with Crippen molar-refractivity contribution < 1.29 is 22.2 Å². The van der Waals surface area contributed by atoms with Gasteiger partial charge in [-0.05, 0) is 25.0 Å². The second-order valence-corrected chi connectivity index (χ2v) is 10.6. The molecule has 1 aliphatic rings. The van der Waals surface area contributed by atoms with E-state index in [0.29, 0.717) is 11.2 Å². The van der Waals surface area contributed by atoms with Crippen molar-refractivity contribution >= 4 is 32.3 Å². The molecule has 34 heavy (non-hydrogen) atoms. The number of rotatable bonds is 4. The van der Waals surface area contributed by atoms with Gasteiger partial charge in [-0.25, -0.2) is 23.7 Å². The Balaban J connectivity index is 1.87. The molecule has 1 amide bonds. The third kappa shape index (κ3) is 3.54. The van der Waals surface area contributed by atoms with Crippen LogP contribution in [0.3, 0.4) is 0 Å². The van der Waals surface area contributed by atoms with Crippen LogP contribution in [0.2, 0.25) is 0 Å². The summed E-state index contributed by atoms with van der Waals surface area (Å²) < 4.78 is 60.5. The minimum atomic E-state index is -4.63. The van der Waals surface area contributed by atoms with Gasteiger partial charge in [0.2, 0.25) is 0 Å². The minimum absolute atomic E-state index is 0.00590. The molecule has 0 spiro atoms. The Kier molecular flexibility index (Phi) is 5.01. The first-order valence-electron chi connectivity index (χ1n) is 10.6. The van der Waals surface area contributed by atoms with Crippen LogP contribution in [-0.4, -0.2) is 45.0 Å². The van der Waals surface area contributed by atoms with Crippen LogP contribution in [0.4, 0.5) is 13.2 Å². The third-order valence-corrected chi connectivity index (χ3v) is 7.99. The van der Waals surface area contributed by atoms with Gasteiger partial charge in [0.25, 0.3) is 5.91 Å². The summed E-state index contributed by atoms with van der Waals surface area (Å²) in [6.07, 6.45) is 0.0323.